The number of carbonyl (C=O) groups is 1. The van der Waals surface area contributed by atoms with Crippen molar-refractivity contribution < 1.29 is 9.53 Å². The number of nitriles is 1. The third kappa shape index (κ3) is 7.37. The maximum absolute atomic E-state index is 13.2. The Hall–Kier alpha value is -4.20. The van der Waals surface area contributed by atoms with Crippen molar-refractivity contribution in [3.63, 3.8) is 0 Å². The number of hydrogen-bond acceptors (Lipinski definition) is 9. The van der Waals surface area contributed by atoms with Gasteiger partial charge in [0.15, 0.2) is 0 Å². The first-order valence-corrected chi connectivity index (χ1v) is 16.8. The average molecular weight is 637 g/mol. The van der Waals surface area contributed by atoms with Gasteiger partial charge in [-0.2, -0.15) is 15.2 Å². The van der Waals surface area contributed by atoms with E-state index in [1.807, 2.05) is 30.0 Å². The third-order valence-corrected chi connectivity index (χ3v) is 9.69. The predicted molar refractivity (Wildman–Crippen MR) is 187 cm³/mol. The van der Waals surface area contributed by atoms with Gasteiger partial charge in [-0.1, -0.05) is 36.4 Å². The quantitative estimate of drug-likeness (QED) is 0.286. The standard InChI is InChI=1S/C37H48N8O2/c1-27-9-6-10-28-11-7-12-32(34(27)28)43-20-15-30-31(24-43)39-36(47-26-37(16-17-37)25-42(4)5)40-35(30)44-21-22-45(29(23-44)14-18-38)33(46)13-8-19-41(2)3/h6-13,29H,14-17,19-26H2,1-5H3/b13-8+. The molecule has 2 fully saturated rings. The first-order valence-electron chi connectivity index (χ1n) is 16.8. The first kappa shape index (κ1) is 32.7. The van der Waals surface area contributed by atoms with Crippen LogP contribution in [0.2, 0.25) is 0 Å². The van der Waals surface area contributed by atoms with E-state index in [0.717, 1.165) is 49.4 Å². The van der Waals surface area contributed by atoms with Gasteiger partial charge in [0.2, 0.25) is 5.91 Å². The molecule has 2 aliphatic heterocycles. The van der Waals surface area contributed by atoms with Gasteiger partial charge in [0.25, 0.3) is 0 Å². The molecular weight excluding hydrogens is 588 g/mol. The van der Waals surface area contributed by atoms with Gasteiger partial charge in [-0.15, -0.1) is 0 Å². The van der Waals surface area contributed by atoms with Crippen LogP contribution in [0.5, 0.6) is 6.01 Å². The van der Waals surface area contributed by atoms with Gasteiger partial charge in [0.05, 0.1) is 37.4 Å². The molecule has 1 aromatic heterocycles. The van der Waals surface area contributed by atoms with Crippen LogP contribution in [-0.4, -0.2) is 111 Å². The molecule has 10 nitrogen and oxygen atoms in total. The Morgan fingerprint density at radius 2 is 1.85 bits per heavy atom. The lowest BCUT2D eigenvalue weighted by molar-refractivity contribution is -0.128. The number of likely N-dealkylation sites (N-methyl/N-ethyl adjacent to an activating group) is 1. The van der Waals surface area contributed by atoms with Gasteiger partial charge in [0, 0.05) is 67.4 Å². The number of amides is 1. The molecule has 2 aromatic carbocycles. The Morgan fingerprint density at radius 1 is 1.06 bits per heavy atom. The van der Waals surface area contributed by atoms with Gasteiger partial charge in [-0.05, 0) is 71.4 Å². The number of rotatable bonds is 11. The number of aromatic nitrogens is 2. The molecule has 1 saturated carbocycles. The number of aryl methyl sites for hydroxylation is 1. The molecule has 3 aromatic rings. The van der Waals surface area contributed by atoms with Crippen molar-refractivity contribution in [2.75, 3.05) is 83.9 Å². The zero-order valence-electron chi connectivity index (χ0n) is 28.6. The molecule has 1 saturated heterocycles. The SMILES string of the molecule is Cc1cccc2cccc(N3CCc4c(nc(OCC5(CN(C)C)CC5)nc4N4CCN(C(=O)/C=C/CN(C)C)C(CC#N)C4)C3)c12. The van der Waals surface area contributed by atoms with Crippen LogP contribution in [0.25, 0.3) is 10.8 Å². The van der Waals surface area contributed by atoms with E-state index >= 15 is 0 Å². The normalized spacial score (nSPS) is 19.0. The fraction of sp³-hybridized carbons (Fsp3) is 0.514. The van der Waals surface area contributed by atoms with Crippen molar-refractivity contribution in [2.45, 2.75) is 45.2 Å². The van der Waals surface area contributed by atoms with Crippen LogP contribution in [-0.2, 0) is 17.8 Å². The molecule has 0 spiro atoms. The van der Waals surface area contributed by atoms with Crippen LogP contribution in [0.1, 0.15) is 36.1 Å². The molecule has 6 rings (SSSR count). The summed E-state index contributed by atoms with van der Waals surface area (Å²) in [7, 11) is 8.16. The molecular formula is C37H48N8O2. The Kier molecular flexibility index (Phi) is 9.67. The lowest BCUT2D eigenvalue weighted by Gasteiger charge is -2.42. The van der Waals surface area contributed by atoms with E-state index in [4.69, 9.17) is 14.7 Å². The van der Waals surface area contributed by atoms with Crippen LogP contribution in [0.3, 0.4) is 0 Å². The Labute approximate surface area is 279 Å². The van der Waals surface area contributed by atoms with Crippen LogP contribution >= 0.6 is 0 Å². The number of ether oxygens (including phenoxy) is 1. The van der Waals surface area contributed by atoms with Crippen LogP contribution in [0, 0.1) is 23.7 Å². The molecule has 0 radical (unpaired) electrons. The van der Waals surface area contributed by atoms with E-state index in [1.54, 1.807) is 6.08 Å². The third-order valence-electron chi connectivity index (χ3n) is 9.69. The smallest absolute Gasteiger partial charge is 0.318 e. The lowest BCUT2D eigenvalue weighted by atomic mass is 9.99. The summed E-state index contributed by atoms with van der Waals surface area (Å²) in [6, 6.07) is 15.5. The second-order valence-corrected chi connectivity index (χ2v) is 14.1. The average Bonchev–Trinajstić information content (AvgIpc) is 3.81. The van der Waals surface area contributed by atoms with E-state index in [-0.39, 0.29) is 23.8 Å². The van der Waals surface area contributed by atoms with Crippen molar-refractivity contribution in [3.8, 4) is 12.1 Å². The van der Waals surface area contributed by atoms with Crippen molar-refractivity contribution in [1.82, 2.24) is 24.7 Å². The van der Waals surface area contributed by atoms with E-state index in [1.165, 1.54) is 22.0 Å². The van der Waals surface area contributed by atoms with Gasteiger partial charge >= 0.3 is 6.01 Å². The number of piperazine rings is 1. The summed E-state index contributed by atoms with van der Waals surface area (Å²) in [5.41, 5.74) is 4.77. The zero-order chi connectivity index (χ0) is 33.1. The highest BCUT2D eigenvalue weighted by molar-refractivity contribution is 5.97. The van der Waals surface area contributed by atoms with Crippen molar-refractivity contribution in [2.24, 2.45) is 5.41 Å². The molecule has 1 aliphatic carbocycles. The van der Waals surface area contributed by atoms with E-state index in [2.05, 4.69) is 78.2 Å². The highest BCUT2D eigenvalue weighted by Gasteiger charge is 2.44. The van der Waals surface area contributed by atoms with Crippen LogP contribution in [0.4, 0.5) is 11.5 Å². The molecule has 10 heteroatoms. The van der Waals surface area contributed by atoms with Gasteiger partial charge in [-0.3, -0.25) is 4.79 Å². The summed E-state index contributed by atoms with van der Waals surface area (Å²) in [5.74, 6) is 0.839. The topological polar surface area (TPSA) is 92.1 Å². The molecule has 1 amide bonds. The zero-order valence-corrected chi connectivity index (χ0v) is 28.6. The fourth-order valence-electron chi connectivity index (χ4n) is 7.18. The second-order valence-electron chi connectivity index (χ2n) is 14.1. The first-order chi connectivity index (χ1) is 22.7. The van der Waals surface area contributed by atoms with Crippen molar-refractivity contribution in [3.05, 3.63) is 65.4 Å². The van der Waals surface area contributed by atoms with E-state index < -0.39 is 0 Å². The number of nitrogens with zero attached hydrogens (tertiary/aromatic N) is 8. The number of hydrogen-bond donors (Lipinski definition) is 0. The number of benzene rings is 2. The van der Waals surface area contributed by atoms with E-state index in [0.29, 0.717) is 45.3 Å². The van der Waals surface area contributed by atoms with E-state index in [9.17, 15) is 10.1 Å². The highest BCUT2D eigenvalue weighted by Crippen LogP contribution is 2.46. The summed E-state index contributed by atoms with van der Waals surface area (Å²) >= 11 is 0. The Bertz CT molecular complexity index is 1670. The largest absolute Gasteiger partial charge is 0.463 e. The predicted octanol–water partition coefficient (Wildman–Crippen LogP) is 4.27. The van der Waals surface area contributed by atoms with Crippen molar-refractivity contribution in [1.29, 1.82) is 5.26 Å². The molecule has 3 aliphatic rings. The van der Waals surface area contributed by atoms with Crippen molar-refractivity contribution >= 4 is 28.2 Å². The summed E-state index contributed by atoms with van der Waals surface area (Å²) in [4.78, 5) is 34.1. The maximum Gasteiger partial charge on any atom is 0.318 e. The fourth-order valence-corrected chi connectivity index (χ4v) is 7.18. The summed E-state index contributed by atoms with van der Waals surface area (Å²) in [6.45, 7) is 7.65. The summed E-state index contributed by atoms with van der Waals surface area (Å²) < 4.78 is 6.44. The molecule has 0 N–H and O–H groups in total. The molecule has 47 heavy (non-hydrogen) atoms. The Balaban J connectivity index is 1.30. The Morgan fingerprint density at radius 3 is 2.57 bits per heavy atom. The summed E-state index contributed by atoms with van der Waals surface area (Å²) in [5, 5.41) is 12.2. The molecule has 1 unspecified atom stereocenters. The van der Waals surface area contributed by atoms with Gasteiger partial charge < -0.3 is 29.2 Å². The second kappa shape index (κ2) is 13.9. The molecule has 1 atom stereocenters. The lowest BCUT2D eigenvalue weighted by Crippen LogP contribution is -2.55. The van der Waals surface area contributed by atoms with Crippen LogP contribution < -0.4 is 14.5 Å². The van der Waals surface area contributed by atoms with Gasteiger partial charge in [0.1, 0.15) is 5.82 Å². The van der Waals surface area contributed by atoms with Gasteiger partial charge in [-0.25, -0.2) is 0 Å². The molecule has 3 heterocycles. The number of anilines is 2. The number of fused-ring (bicyclic) bond motifs is 2. The monoisotopic (exact) mass is 636 g/mol. The number of carbonyl (C=O) groups excluding carboxylic acids is 1. The highest BCUT2D eigenvalue weighted by atomic mass is 16.5. The minimum atomic E-state index is -0.228. The van der Waals surface area contributed by atoms with Crippen LogP contribution in [0.15, 0.2) is 48.6 Å². The maximum atomic E-state index is 13.2. The molecule has 248 valence electrons. The minimum absolute atomic E-state index is 0.0443. The molecule has 0 bridgehead atoms. The minimum Gasteiger partial charge on any atom is -0.463 e. The summed E-state index contributed by atoms with van der Waals surface area (Å²) in [6.07, 6.45) is 6.88.